The van der Waals surface area contributed by atoms with Crippen molar-refractivity contribution in [1.29, 1.82) is 0 Å². The molecule has 0 saturated carbocycles. The molecule has 0 unspecified atom stereocenters. The summed E-state index contributed by atoms with van der Waals surface area (Å²) in [6.45, 7) is 11.5. The van der Waals surface area contributed by atoms with E-state index in [4.69, 9.17) is 4.43 Å². The van der Waals surface area contributed by atoms with Crippen LogP contribution in [0.4, 0.5) is 0 Å². The largest absolute Gasteiger partial charge is 0.543 e. The Morgan fingerprint density at radius 1 is 0.654 bits per heavy atom. The van der Waals surface area contributed by atoms with E-state index in [2.05, 4.69) is 101 Å². The normalized spacial score (nSPS) is 12.8. The molecule has 26 heavy (non-hydrogen) atoms. The molecule has 0 aliphatic heterocycles. The van der Waals surface area contributed by atoms with E-state index >= 15 is 0 Å². The fraction of sp³-hybridized carbons (Fsp3) is 0.250. The second-order valence-electron chi connectivity index (χ2n) is 8.74. The predicted octanol–water partition coefficient (Wildman–Crippen LogP) is 7.53. The summed E-state index contributed by atoms with van der Waals surface area (Å²) in [6, 6.07) is 24.1. The number of rotatable bonds is 2. The first kappa shape index (κ1) is 17.1. The van der Waals surface area contributed by atoms with E-state index in [1.165, 1.54) is 32.3 Å². The van der Waals surface area contributed by atoms with Gasteiger partial charge in [0.1, 0.15) is 5.75 Å². The summed E-state index contributed by atoms with van der Waals surface area (Å²) in [4.78, 5) is 0. The van der Waals surface area contributed by atoms with Crippen molar-refractivity contribution in [2.24, 2.45) is 0 Å². The van der Waals surface area contributed by atoms with Crippen LogP contribution >= 0.6 is 0 Å². The fourth-order valence-corrected chi connectivity index (χ4v) is 4.24. The van der Waals surface area contributed by atoms with Crippen LogP contribution in [-0.4, -0.2) is 8.32 Å². The molecule has 0 amide bonds. The highest BCUT2D eigenvalue weighted by Crippen LogP contribution is 2.40. The highest BCUT2D eigenvalue weighted by molar-refractivity contribution is 6.74. The average Bonchev–Trinajstić information content (AvgIpc) is 2.57. The van der Waals surface area contributed by atoms with Gasteiger partial charge in [-0.3, -0.25) is 0 Å². The van der Waals surface area contributed by atoms with Gasteiger partial charge in [-0.1, -0.05) is 57.2 Å². The summed E-state index contributed by atoms with van der Waals surface area (Å²) in [5, 5.41) is 7.74. The highest BCUT2D eigenvalue weighted by atomic mass is 28.4. The molecule has 132 valence electrons. The first-order chi connectivity index (χ1) is 12.2. The lowest BCUT2D eigenvalue weighted by molar-refractivity contribution is 0.496. The van der Waals surface area contributed by atoms with Crippen molar-refractivity contribution < 1.29 is 4.43 Å². The molecule has 0 saturated heterocycles. The topological polar surface area (TPSA) is 9.23 Å². The van der Waals surface area contributed by atoms with Crippen molar-refractivity contribution in [2.75, 3.05) is 0 Å². The van der Waals surface area contributed by atoms with E-state index in [1.54, 1.807) is 0 Å². The molecule has 0 spiro atoms. The minimum Gasteiger partial charge on any atom is -0.543 e. The lowest BCUT2D eigenvalue weighted by Crippen LogP contribution is -2.43. The Kier molecular flexibility index (Phi) is 3.85. The van der Waals surface area contributed by atoms with Crippen LogP contribution in [0.3, 0.4) is 0 Å². The molecule has 1 nitrogen and oxygen atoms in total. The zero-order valence-corrected chi connectivity index (χ0v) is 17.3. The van der Waals surface area contributed by atoms with Crippen molar-refractivity contribution in [1.82, 2.24) is 0 Å². The van der Waals surface area contributed by atoms with E-state index in [0.29, 0.717) is 0 Å². The molecular weight excluding hydrogens is 332 g/mol. The summed E-state index contributed by atoms with van der Waals surface area (Å²) in [6.07, 6.45) is 0. The molecule has 0 radical (unpaired) electrons. The van der Waals surface area contributed by atoms with E-state index in [9.17, 15) is 0 Å². The van der Waals surface area contributed by atoms with Crippen LogP contribution in [0.15, 0.2) is 66.7 Å². The molecule has 4 aromatic rings. The Bertz CT molecular complexity index is 1120. The van der Waals surface area contributed by atoms with Gasteiger partial charge in [-0.05, 0) is 75.4 Å². The first-order valence-corrected chi connectivity index (χ1v) is 12.2. The van der Waals surface area contributed by atoms with Gasteiger partial charge in [0, 0.05) is 5.39 Å². The maximum absolute atomic E-state index is 6.65. The second kappa shape index (κ2) is 5.85. The maximum atomic E-state index is 6.65. The highest BCUT2D eigenvalue weighted by Gasteiger charge is 2.39. The third-order valence-corrected chi connectivity index (χ3v) is 10.2. The van der Waals surface area contributed by atoms with Crippen molar-refractivity contribution in [3.05, 3.63) is 66.7 Å². The summed E-state index contributed by atoms with van der Waals surface area (Å²) in [7, 11) is -1.87. The fourth-order valence-electron chi connectivity index (χ4n) is 3.21. The summed E-state index contributed by atoms with van der Waals surface area (Å²) in [5.41, 5.74) is 0. The van der Waals surface area contributed by atoms with Crippen LogP contribution in [0.2, 0.25) is 18.1 Å². The molecule has 0 aliphatic carbocycles. The minimum absolute atomic E-state index is 0.183. The predicted molar refractivity (Wildman–Crippen MR) is 117 cm³/mol. The zero-order chi connectivity index (χ0) is 18.5. The Morgan fingerprint density at radius 3 is 1.81 bits per heavy atom. The second-order valence-corrected chi connectivity index (χ2v) is 13.5. The van der Waals surface area contributed by atoms with Gasteiger partial charge in [-0.15, -0.1) is 0 Å². The molecule has 0 bridgehead atoms. The minimum atomic E-state index is -1.87. The number of hydrogen-bond donors (Lipinski definition) is 0. The smallest absolute Gasteiger partial charge is 0.250 e. The molecule has 4 aromatic carbocycles. The molecule has 0 fully saturated rings. The number of benzene rings is 4. The van der Waals surface area contributed by atoms with Gasteiger partial charge in [0.25, 0.3) is 8.32 Å². The summed E-state index contributed by atoms with van der Waals surface area (Å²) in [5.74, 6) is 1.02. The molecule has 0 aliphatic rings. The van der Waals surface area contributed by atoms with Crippen molar-refractivity contribution in [3.8, 4) is 5.75 Å². The molecule has 4 rings (SSSR count). The van der Waals surface area contributed by atoms with Gasteiger partial charge in [0.05, 0.1) is 0 Å². The SMILES string of the molecule is CC(C)(C)[Si](C)(C)Oc1cccc2cc3cc4ccccc4cc3cc12. The summed E-state index contributed by atoms with van der Waals surface area (Å²) < 4.78 is 6.65. The van der Waals surface area contributed by atoms with Crippen LogP contribution in [0.25, 0.3) is 32.3 Å². The van der Waals surface area contributed by atoms with Crippen LogP contribution in [0, 0.1) is 0 Å². The Labute approximate surface area is 156 Å². The van der Waals surface area contributed by atoms with Gasteiger partial charge < -0.3 is 4.43 Å². The van der Waals surface area contributed by atoms with Crippen LogP contribution in [0.1, 0.15) is 20.8 Å². The monoisotopic (exact) mass is 358 g/mol. The summed E-state index contributed by atoms with van der Waals surface area (Å²) >= 11 is 0. The molecule has 0 aromatic heterocycles. The van der Waals surface area contributed by atoms with Crippen molar-refractivity contribution in [3.63, 3.8) is 0 Å². The van der Waals surface area contributed by atoms with Gasteiger partial charge >= 0.3 is 0 Å². The number of hydrogen-bond acceptors (Lipinski definition) is 1. The Balaban J connectivity index is 1.92. The maximum Gasteiger partial charge on any atom is 0.250 e. The zero-order valence-electron chi connectivity index (χ0n) is 16.3. The van der Waals surface area contributed by atoms with E-state index in [0.717, 1.165) is 5.75 Å². The van der Waals surface area contributed by atoms with Gasteiger partial charge in [-0.2, -0.15) is 0 Å². The first-order valence-electron chi connectivity index (χ1n) is 9.29. The third-order valence-electron chi connectivity index (χ3n) is 5.83. The van der Waals surface area contributed by atoms with Gasteiger partial charge in [0.15, 0.2) is 0 Å². The standard InChI is InChI=1S/C24H26OSi/c1-24(2,3)26(4,5)25-23-12-8-11-19-15-20-13-17-9-6-7-10-18(17)14-21(20)16-22(19)23/h6-16H,1-5H3. The molecule has 0 atom stereocenters. The van der Waals surface area contributed by atoms with E-state index in [-0.39, 0.29) is 5.04 Å². The lowest BCUT2D eigenvalue weighted by atomic mass is 9.99. The van der Waals surface area contributed by atoms with Gasteiger partial charge in [-0.25, -0.2) is 0 Å². The molecule has 0 N–H and O–H groups in total. The van der Waals surface area contributed by atoms with Crippen LogP contribution in [-0.2, 0) is 0 Å². The lowest BCUT2D eigenvalue weighted by Gasteiger charge is -2.36. The van der Waals surface area contributed by atoms with Gasteiger partial charge in [0.2, 0.25) is 0 Å². The molecule has 2 heteroatoms. The van der Waals surface area contributed by atoms with E-state index in [1.807, 2.05) is 0 Å². The van der Waals surface area contributed by atoms with Crippen molar-refractivity contribution >= 4 is 40.6 Å². The quantitative estimate of drug-likeness (QED) is 0.266. The van der Waals surface area contributed by atoms with E-state index < -0.39 is 8.32 Å². The average molecular weight is 359 g/mol. The van der Waals surface area contributed by atoms with Crippen LogP contribution in [0.5, 0.6) is 5.75 Å². The molecular formula is C24H26OSi. The third kappa shape index (κ3) is 2.89. The Hall–Kier alpha value is -2.32. The van der Waals surface area contributed by atoms with Crippen LogP contribution < -0.4 is 4.43 Å². The molecule has 0 heterocycles. The Morgan fingerprint density at radius 2 is 1.19 bits per heavy atom. The number of fused-ring (bicyclic) bond motifs is 3. The van der Waals surface area contributed by atoms with Crippen molar-refractivity contribution in [2.45, 2.75) is 38.9 Å².